The highest BCUT2D eigenvalue weighted by Gasteiger charge is 2.27. The number of hydrogen-bond acceptors (Lipinski definition) is 6. The molecule has 0 saturated carbocycles. The van der Waals surface area contributed by atoms with Gasteiger partial charge in [0.1, 0.15) is 17.7 Å². The molecule has 0 bridgehead atoms. The van der Waals surface area contributed by atoms with Crippen molar-refractivity contribution in [2.45, 2.75) is 85.9 Å². The average molecular weight is 645 g/mol. The Labute approximate surface area is 271 Å². The molecule has 4 amide bonds. The van der Waals surface area contributed by atoms with E-state index < -0.39 is 41.6 Å². The topological polar surface area (TPSA) is 133 Å². The minimum absolute atomic E-state index is 0.0425. The van der Waals surface area contributed by atoms with Crippen LogP contribution in [0.3, 0.4) is 0 Å². The smallest absolute Gasteiger partial charge is 0.255 e. The molecule has 0 aliphatic heterocycles. The Bertz CT molecular complexity index is 1300. The van der Waals surface area contributed by atoms with Crippen LogP contribution in [0.5, 0.6) is 0 Å². The zero-order valence-corrected chi connectivity index (χ0v) is 28.1. The second-order valence-electron chi connectivity index (χ2n) is 12.4. The Morgan fingerprint density at radius 2 is 1.41 bits per heavy atom. The van der Waals surface area contributed by atoms with Crippen molar-refractivity contribution in [3.63, 3.8) is 0 Å². The van der Waals surface area contributed by atoms with Gasteiger partial charge in [-0.1, -0.05) is 41.5 Å². The molecule has 3 atom stereocenters. The number of carbonyl (C=O) groups excluding carboxylic acids is 4. The first-order valence-corrected chi connectivity index (χ1v) is 16.1. The first-order valence-electron chi connectivity index (χ1n) is 16.1. The summed E-state index contributed by atoms with van der Waals surface area (Å²) < 4.78 is 28.0. The van der Waals surface area contributed by atoms with Gasteiger partial charge in [0.25, 0.3) is 11.8 Å². The lowest BCUT2D eigenvalue weighted by atomic mass is 10.0. The molecule has 254 valence electrons. The third-order valence-electron chi connectivity index (χ3n) is 7.26. The molecule has 46 heavy (non-hydrogen) atoms. The maximum atomic E-state index is 14.0. The van der Waals surface area contributed by atoms with Crippen LogP contribution in [-0.4, -0.2) is 77.8 Å². The Balaban J connectivity index is 2.21. The van der Waals surface area contributed by atoms with E-state index in [9.17, 15) is 28.0 Å². The molecule has 4 N–H and O–H groups in total. The van der Waals surface area contributed by atoms with Crippen molar-refractivity contribution in [2.24, 2.45) is 11.8 Å². The quantitative estimate of drug-likeness (QED) is 0.195. The van der Waals surface area contributed by atoms with E-state index in [4.69, 9.17) is 0 Å². The van der Waals surface area contributed by atoms with E-state index in [-0.39, 0.29) is 47.7 Å². The number of rotatable bonds is 18. The number of amides is 4. The third kappa shape index (κ3) is 12.5. The van der Waals surface area contributed by atoms with Crippen molar-refractivity contribution >= 4 is 23.6 Å². The molecule has 0 unspecified atom stereocenters. The first kappa shape index (κ1) is 38.3. The van der Waals surface area contributed by atoms with Crippen molar-refractivity contribution in [1.82, 2.24) is 31.2 Å². The average Bonchev–Trinajstić information content (AvgIpc) is 2.99. The molecule has 1 aromatic carbocycles. The monoisotopic (exact) mass is 644 g/mol. The lowest BCUT2D eigenvalue weighted by Gasteiger charge is -2.26. The van der Waals surface area contributed by atoms with Gasteiger partial charge in [0, 0.05) is 50.7 Å². The maximum Gasteiger partial charge on any atom is 0.255 e. The van der Waals surface area contributed by atoms with E-state index in [0.717, 1.165) is 18.9 Å². The predicted molar refractivity (Wildman–Crippen MR) is 174 cm³/mol. The van der Waals surface area contributed by atoms with Crippen LogP contribution in [0.15, 0.2) is 36.7 Å². The second-order valence-corrected chi connectivity index (χ2v) is 12.4. The van der Waals surface area contributed by atoms with Gasteiger partial charge in [-0.3, -0.25) is 24.2 Å². The zero-order chi connectivity index (χ0) is 34.4. The zero-order valence-electron chi connectivity index (χ0n) is 28.1. The van der Waals surface area contributed by atoms with Gasteiger partial charge in [-0.25, -0.2) is 8.78 Å². The summed E-state index contributed by atoms with van der Waals surface area (Å²) in [5.74, 6) is -2.87. The minimum Gasteiger partial charge on any atom is -0.354 e. The fraction of sp³-hybridized carbons (Fsp3) is 0.559. The molecule has 0 aliphatic carbocycles. The molecule has 10 nitrogen and oxygen atoms in total. The van der Waals surface area contributed by atoms with Gasteiger partial charge in [0.2, 0.25) is 11.8 Å². The van der Waals surface area contributed by atoms with Gasteiger partial charge in [0.15, 0.2) is 0 Å². The number of benzene rings is 1. The Morgan fingerprint density at radius 3 is 1.98 bits per heavy atom. The molecule has 0 fully saturated rings. The molecule has 0 spiro atoms. The van der Waals surface area contributed by atoms with Crippen LogP contribution < -0.4 is 21.3 Å². The molecule has 2 rings (SSSR count). The number of hydrogen-bond donors (Lipinski definition) is 4. The molecular formula is C34H50F2N6O4. The first-order chi connectivity index (χ1) is 21.7. The number of aromatic nitrogens is 1. The number of pyridine rings is 1. The highest BCUT2D eigenvalue weighted by atomic mass is 19.1. The van der Waals surface area contributed by atoms with Crippen molar-refractivity contribution < 1.29 is 28.0 Å². The standard InChI is InChI=1S/C34H50F2N6O4/c1-8-10-42(11-9-2)34(46)26-15-25(18-37-19-26)32(44)40-29(14-24-12-27(35)16-28(36)13-24)20-38-23(7)31(43)41-30(22(5)6)33(45)39-17-21(3)4/h12-13,15-16,18-19,21-23,29-30,38H,8-11,14,17,20H2,1-7H3,(H,39,45)(H,40,44)(H,41,43)/t23-,29-,30-/m0/s1. The number of halogens is 2. The number of nitrogens with zero attached hydrogens (tertiary/aromatic N) is 2. The summed E-state index contributed by atoms with van der Waals surface area (Å²) in [6.07, 6.45) is 4.37. The van der Waals surface area contributed by atoms with E-state index in [1.54, 1.807) is 11.8 Å². The minimum atomic E-state index is -0.770. The van der Waals surface area contributed by atoms with Crippen LogP contribution in [-0.2, 0) is 16.0 Å². The van der Waals surface area contributed by atoms with Crippen LogP contribution in [0.4, 0.5) is 8.78 Å². The van der Waals surface area contributed by atoms with E-state index in [1.807, 2.05) is 41.5 Å². The van der Waals surface area contributed by atoms with Crippen molar-refractivity contribution in [1.29, 1.82) is 0 Å². The molecule has 1 heterocycles. The Hall–Kier alpha value is -3.93. The lowest BCUT2D eigenvalue weighted by molar-refractivity contribution is -0.131. The molecule has 0 saturated heterocycles. The summed E-state index contributed by atoms with van der Waals surface area (Å²) in [5, 5.41) is 11.6. The Morgan fingerprint density at radius 1 is 0.804 bits per heavy atom. The van der Waals surface area contributed by atoms with Crippen molar-refractivity contribution in [3.8, 4) is 0 Å². The highest BCUT2D eigenvalue weighted by molar-refractivity contribution is 5.99. The normalized spacial score (nSPS) is 13.2. The fourth-order valence-corrected chi connectivity index (χ4v) is 4.81. The predicted octanol–water partition coefficient (Wildman–Crippen LogP) is 3.85. The van der Waals surface area contributed by atoms with E-state index >= 15 is 0 Å². The van der Waals surface area contributed by atoms with Crippen molar-refractivity contribution in [2.75, 3.05) is 26.2 Å². The van der Waals surface area contributed by atoms with Gasteiger partial charge in [-0.2, -0.15) is 0 Å². The molecule has 2 aromatic rings. The summed E-state index contributed by atoms with van der Waals surface area (Å²) >= 11 is 0. The van der Waals surface area contributed by atoms with Crippen molar-refractivity contribution in [3.05, 3.63) is 65.0 Å². The lowest BCUT2D eigenvalue weighted by Crippen LogP contribution is -2.55. The van der Waals surface area contributed by atoms with Crippen LogP contribution >= 0.6 is 0 Å². The van der Waals surface area contributed by atoms with Gasteiger partial charge >= 0.3 is 0 Å². The molecule has 1 aromatic heterocycles. The maximum absolute atomic E-state index is 14.0. The van der Waals surface area contributed by atoms with Gasteiger partial charge < -0.3 is 26.2 Å². The summed E-state index contributed by atoms with van der Waals surface area (Å²) in [5.41, 5.74) is 0.728. The SMILES string of the molecule is CCCN(CCC)C(=O)c1cncc(C(=O)N[C@H](CN[C@@H](C)C(=O)N[C@H](C(=O)NCC(C)C)C(C)C)Cc2cc(F)cc(F)c2)c1. The van der Waals surface area contributed by atoms with Crippen LogP contribution in [0.1, 0.15) is 87.6 Å². The molecular weight excluding hydrogens is 594 g/mol. The van der Waals surface area contributed by atoms with Crippen LogP contribution in [0.2, 0.25) is 0 Å². The van der Waals surface area contributed by atoms with Crippen LogP contribution in [0.25, 0.3) is 0 Å². The highest BCUT2D eigenvalue weighted by Crippen LogP contribution is 2.13. The Kier molecular flexibility index (Phi) is 15.7. The summed E-state index contributed by atoms with van der Waals surface area (Å²) in [6, 6.07) is 2.37. The molecule has 0 radical (unpaired) electrons. The van der Waals surface area contributed by atoms with E-state index in [0.29, 0.717) is 25.2 Å². The van der Waals surface area contributed by atoms with Gasteiger partial charge in [0.05, 0.1) is 17.2 Å². The van der Waals surface area contributed by atoms with E-state index in [2.05, 4.69) is 26.3 Å². The van der Waals surface area contributed by atoms with Gasteiger partial charge in [-0.15, -0.1) is 0 Å². The summed E-state index contributed by atoms with van der Waals surface area (Å²) in [7, 11) is 0. The summed E-state index contributed by atoms with van der Waals surface area (Å²) in [4.78, 5) is 58.1. The van der Waals surface area contributed by atoms with E-state index in [1.165, 1.54) is 30.6 Å². The number of nitrogens with one attached hydrogen (secondary N) is 4. The third-order valence-corrected chi connectivity index (χ3v) is 7.26. The second kappa shape index (κ2) is 18.9. The largest absolute Gasteiger partial charge is 0.354 e. The van der Waals surface area contributed by atoms with Crippen LogP contribution in [0, 0.1) is 23.5 Å². The number of carbonyl (C=O) groups is 4. The van der Waals surface area contributed by atoms with Gasteiger partial charge in [-0.05, 0) is 61.8 Å². The molecule has 12 heteroatoms. The summed E-state index contributed by atoms with van der Waals surface area (Å²) in [6.45, 7) is 14.9. The molecule has 0 aliphatic rings. The fourth-order valence-electron chi connectivity index (χ4n) is 4.81.